The minimum atomic E-state index is -0.215. The van der Waals surface area contributed by atoms with E-state index in [1.54, 1.807) is 12.1 Å². The predicted octanol–water partition coefficient (Wildman–Crippen LogP) is 2.17. The maximum absolute atomic E-state index is 11.9. The molecule has 1 aromatic heterocycles. The SMILES string of the molecule is NCCc1ccc(CNC(=O)c2ccc(Cl)cn2)cc1. The Hall–Kier alpha value is -1.91. The van der Waals surface area contributed by atoms with Gasteiger partial charge in [0.25, 0.3) is 5.91 Å². The maximum atomic E-state index is 11.9. The molecule has 5 heteroatoms. The molecule has 0 atom stereocenters. The van der Waals surface area contributed by atoms with Crippen LogP contribution in [0.25, 0.3) is 0 Å². The Morgan fingerprint density at radius 3 is 2.45 bits per heavy atom. The summed E-state index contributed by atoms with van der Waals surface area (Å²) in [5.41, 5.74) is 8.09. The molecule has 0 bridgehead atoms. The summed E-state index contributed by atoms with van der Waals surface area (Å²) in [6.07, 6.45) is 2.32. The topological polar surface area (TPSA) is 68.0 Å². The van der Waals surface area contributed by atoms with E-state index in [4.69, 9.17) is 17.3 Å². The first-order valence-electron chi connectivity index (χ1n) is 6.36. The van der Waals surface area contributed by atoms with Gasteiger partial charge in [-0.3, -0.25) is 4.79 Å². The van der Waals surface area contributed by atoms with E-state index in [9.17, 15) is 4.79 Å². The van der Waals surface area contributed by atoms with Crippen molar-refractivity contribution in [1.29, 1.82) is 0 Å². The summed E-state index contributed by atoms with van der Waals surface area (Å²) in [6, 6.07) is 11.3. The molecule has 1 heterocycles. The second-order valence-electron chi connectivity index (χ2n) is 4.40. The Morgan fingerprint density at radius 2 is 1.85 bits per heavy atom. The minimum Gasteiger partial charge on any atom is -0.347 e. The van der Waals surface area contributed by atoms with Crippen LogP contribution in [-0.4, -0.2) is 17.4 Å². The number of hydrogen-bond donors (Lipinski definition) is 2. The van der Waals surface area contributed by atoms with Crippen LogP contribution in [0.15, 0.2) is 42.6 Å². The van der Waals surface area contributed by atoms with Crippen LogP contribution >= 0.6 is 11.6 Å². The van der Waals surface area contributed by atoms with Crippen LogP contribution in [0.5, 0.6) is 0 Å². The van der Waals surface area contributed by atoms with Gasteiger partial charge in [-0.25, -0.2) is 4.98 Å². The number of amides is 1. The number of benzene rings is 1. The molecule has 3 N–H and O–H groups in total. The van der Waals surface area contributed by atoms with Crippen molar-refractivity contribution in [3.8, 4) is 0 Å². The molecule has 20 heavy (non-hydrogen) atoms. The molecule has 0 saturated heterocycles. The van der Waals surface area contributed by atoms with Gasteiger partial charge in [-0.2, -0.15) is 0 Å². The Morgan fingerprint density at radius 1 is 1.15 bits per heavy atom. The lowest BCUT2D eigenvalue weighted by atomic mass is 10.1. The van der Waals surface area contributed by atoms with E-state index in [1.807, 2.05) is 24.3 Å². The molecule has 0 saturated carbocycles. The van der Waals surface area contributed by atoms with E-state index in [0.717, 1.165) is 12.0 Å². The van der Waals surface area contributed by atoms with Gasteiger partial charge in [-0.1, -0.05) is 35.9 Å². The highest BCUT2D eigenvalue weighted by Crippen LogP contribution is 2.07. The number of aromatic nitrogens is 1. The van der Waals surface area contributed by atoms with Crippen molar-refractivity contribution in [3.63, 3.8) is 0 Å². The lowest BCUT2D eigenvalue weighted by Crippen LogP contribution is -2.23. The fourth-order valence-corrected chi connectivity index (χ4v) is 1.89. The smallest absolute Gasteiger partial charge is 0.270 e. The van der Waals surface area contributed by atoms with E-state index < -0.39 is 0 Å². The van der Waals surface area contributed by atoms with Crippen molar-refractivity contribution >= 4 is 17.5 Å². The number of rotatable bonds is 5. The average molecular weight is 290 g/mol. The van der Waals surface area contributed by atoms with Crippen LogP contribution in [0.1, 0.15) is 21.6 Å². The molecule has 0 fully saturated rings. The summed E-state index contributed by atoms with van der Waals surface area (Å²) in [5, 5.41) is 3.33. The van der Waals surface area contributed by atoms with Crippen molar-refractivity contribution in [2.24, 2.45) is 5.73 Å². The minimum absolute atomic E-state index is 0.215. The Bertz CT molecular complexity index is 567. The van der Waals surface area contributed by atoms with Gasteiger partial charge in [0.05, 0.1) is 5.02 Å². The van der Waals surface area contributed by atoms with E-state index in [2.05, 4.69) is 10.3 Å². The maximum Gasteiger partial charge on any atom is 0.270 e. The lowest BCUT2D eigenvalue weighted by molar-refractivity contribution is 0.0946. The standard InChI is InChI=1S/C15H16ClN3O/c16-13-5-6-14(18-10-13)15(20)19-9-12-3-1-11(2-4-12)7-8-17/h1-6,10H,7-9,17H2,(H,19,20). The Labute approximate surface area is 123 Å². The number of halogens is 1. The zero-order chi connectivity index (χ0) is 14.4. The largest absolute Gasteiger partial charge is 0.347 e. The second-order valence-corrected chi connectivity index (χ2v) is 4.84. The summed E-state index contributed by atoms with van der Waals surface area (Å²) >= 11 is 5.73. The molecule has 1 aromatic carbocycles. The van der Waals surface area contributed by atoms with Crippen LogP contribution in [0.3, 0.4) is 0 Å². The zero-order valence-corrected chi connectivity index (χ0v) is 11.7. The van der Waals surface area contributed by atoms with Gasteiger partial charge in [-0.05, 0) is 36.2 Å². The number of nitrogens with zero attached hydrogens (tertiary/aromatic N) is 1. The summed E-state index contributed by atoms with van der Waals surface area (Å²) in [5.74, 6) is -0.215. The van der Waals surface area contributed by atoms with Gasteiger partial charge < -0.3 is 11.1 Å². The van der Waals surface area contributed by atoms with E-state index in [-0.39, 0.29) is 5.91 Å². The first-order valence-corrected chi connectivity index (χ1v) is 6.74. The van der Waals surface area contributed by atoms with Crippen LogP contribution in [-0.2, 0) is 13.0 Å². The molecule has 1 amide bonds. The van der Waals surface area contributed by atoms with Gasteiger partial charge in [0.1, 0.15) is 5.69 Å². The monoisotopic (exact) mass is 289 g/mol. The number of pyridine rings is 1. The third kappa shape index (κ3) is 4.05. The number of carbonyl (C=O) groups excluding carboxylic acids is 1. The summed E-state index contributed by atoms with van der Waals surface area (Å²) in [6.45, 7) is 1.10. The number of nitrogens with one attached hydrogen (secondary N) is 1. The van der Waals surface area contributed by atoms with E-state index in [0.29, 0.717) is 23.8 Å². The molecule has 0 aliphatic rings. The second kappa shape index (κ2) is 7.03. The van der Waals surface area contributed by atoms with E-state index in [1.165, 1.54) is 11.8 Å². The normalized spacial score (nSPS) is 10.3. The Balaban J connectivity index is 1.91. The quantitative estimate of drug-likeness (QED) is 0.886. The fraction of sp³-hybridized carbons (Fsp3) is 0.200. The van der Waals surface area contributed by atoms with Gasteiger partial charge in [0, 0.05) is 12.7 Å². The number of nitrogens with two attached hydrogens (primary N) is 1. The Kier molecular flexibility index (Phi) is 5.09. The van der Waals surface area contributed by atoms with Crippen LogP contribution in [0, 0.1) is 0 Å². The number of hydrogen-bond acceptors (Lipinski definition) is 3. The highest BCUT2D eigenvalue weighted by Gasteiger charge is 2.06. The van der Waals surface area contributed by atoms with Gasteiger partial charge >= 0.3 is 0 Å². The number of carbonyl (C=O) groups is 1. The molecule has 2 rings (SSSR count). The zero-order valence-electron chi connectivity index (χ0n) is 11.0. The van der Waals surface area contributed by atoms with Crippen LogP contribution < -0.4 is 11.1 Å². The van der Waals surface area contributed by atoms with Crippen molar-refractivity contribution in [2.75, 3.05) is 6.54 Å². The molecule has 104 valence electrons. The van der Waals surface area contributed by atoms with Crippen molar-refractivity contribution in [2.45, 2.75) is 13.0 Å². The third-order valence-corrected chi connectivity index (χ3v) is 3.09. The summed E-state index contributed by atoms with van der Waals surface area (Å²) in [4.78, 5) is 15.8. The lowest BCUT2D eigenvalue weighted by Gasteiger charge is -2.06. The van der Waals surface area contributed by atoms with Gasteiger partial charge in [-0.15, -0.1) is 0 Å². The van der Waals surface area contributed by atoms with Crippen molar-refractivity contribution in [3.05, 3.63) is 64.4 Å². The first-order chi connectivity index (χ1) is 9.69. The highest BCUT2D eigenvalue weighted by atomic mass is 35.5. The van der Waals surface area contributed by atoms with Crippen molar-refractivity contribution in [1.82, 2.24) is 10.3 Å². The molecule has 2 aromatic rings. The molecule has 0 aliphatic carbocycles. The summed E-state index contributed by atoms with van der Waals surface area (Å²) < 4.78 is 0. The fourth-order valence-electron chi connectivity index (χ4n) is 1.77. The van der Waals surface area contributed by atoms with E-state index >= 15 is 0 Å². The third-order valence-electron chi connectivity index (χ3n) is 2.87. The van der Waals surface area contributed by atoms with Gasteiger partial charge in [0.15, 0.2) is 0 Å². The average Bonchev–Trinajstić information content (AvgIpc) is 2.47. The van der Waals surface area contributed by atoms with Crippen molar-refractivity contribution < 1.29 is 4.79 Å². The van der Waals surface area contributed by atoms with Crippen LogP contribution in [0.2, 0.25) is 5.02 Å². The molecular weight excluding hydrogens is 274 g/mol. The van der Waals surface area contributed by atoms with Crippen LogP contribution in [0.4, 0.5) is 0 Å². The molecule has 0 aliphatic heterocycles. The molecule has 0 radical (unpaired) electrons. The first kappa shape index (κ1) is 14.5. The molecule has 4 nitrogen and oxygen atoms in total. The highest BCUT2D eigenvalue weighted by molar-refractivity contribution is 6.30. The predicted molar refractivity (Wildman–Crippen MR) is 79.6 cm³/mol. The molecule has 0 spiro atoms. The van der Waals surface area contributed by atoms with Gasteiger partial charge in [0.2, 0.25) is 0 Å². The molecular formula is C15H16ClN3O. The molecule has 0 unspecified atom stereocenters. The summed E-state index contributed by atoms with van der Waals surface area (Å²) in [7, 11) is 0.